The molecule has 4 aromatic rings. The number of hydrogen-bond acceptors (Lipinski definition) is 8. The maximum atomic E-state index is 13.5. The number of hydrogen-bond donors (Lipinski definition) is 5. The van der Waals surface area contributed by atoms with E-state index in [0.29, 0.717) is 11.1 Å². The lowest BCUT2D eigenvalue weighted by Gasteiger charge is -2.31. The van der Waals surface area contributed by atoms with Crippen LogP contribution in [0.5, 0.6) is 11.5 Å². The van der Waals surface area contributed by atoms with Crippen LogP contribution in [0.2, 0.25) is 0 Å². The zero-order valence-corrected chi connectivity index (χ0v) is 21.1. The summed E-state index contributed by atoms with van der Waals surface area (Å²) in [7, 11) is 0. The van der Waals surface area contributed by atoms with E-state index < -0.39 is 41.6 Å². The third kappa shape index (κ3) is 6.06. The number of fused-ring (bicyclic) bond motifs is 1. The van der Waals surface area contributed by atoms with Crippen molar-refractivity contribution in [1.29, 1.82) is 0 Å². The highest BCUT2D eigenvalue weighted by molar-refractivity contribution is 6.08. The second-order valence-electron chi connectivity index (χ2n) is 8.69. The minimum atomic E-state index is -4.91. The minimum Gasteiger partial charge on any atom is -0.421 e. The number of alkyl halides is 4. The molecule has 16 heteroatoms. The number of rotatable bonds is 7. The van der Waals surface area contributed by atoms with E-state index >= 15 is 0 Å². The van der Waals surface area contributed by atoms with Crippen molar-refractivity contribution in [2.75, 3.05) is 16.0 Å². The average molecular weight is 585 g/mol. The van der Waals surface area contributed by atoms with Gasteiger partial charge in [-0.3, -0.25) is 25.3 Å². The van der Waals surface area contributed by atoms with Gasteiger partial charge in [0.25, 0.3) is 11.8 Å². The van der Waals surface area contributed by atoms with Crippen LogP contribution in [0.25, 0.3) is 0 Å². The highest BCUT2D eigenvalue weighted by atomic mass is 19.3. The monoisotopic (exact) mass is 585 g/mol. The molecule has 2 aromatic heterocycles. The van der Waals surface area contributed by atoms with Gasteiger partial charge < -0.3 is 20.1 Å². The summed E-state index contributed by atoms with van der Waals surface area (Å²) in [5.41, 5.74) is 0.927. The van der Waals surface area contributed by atoms with Crippen LogP contribution in [-0.4, -0.2) is 45.2 Å². The molecule has 0 saturated heterocycles. The normalized spacial score (nSPS) is 14.4. The number of ether oxygens (including phenoxy) is 2. The topological polar surface area (TPSA) is 159 Å². The van der Waals surface area contributed by atoms with Crippen LogP contribution in [0.4, 0.5) is 39.7 Å². The first-order valence-corrected chi connectivity index (χ1v) is 12.0. The van der Waals surface area contributed by atoms with E-state index in [1.54, 1.807) is 36.4 Å². The number of urea groups is 1. The fraction of sp³-hybridized carbons (Fsp3) is 0.115. The van der Waals surface area contributed by atoms with Crippen molar-refractivity contribution in [3.8, 4) is 11.5 Å². The summed E-state index contributed by atoms with van der Waals surface area (Å²) in [5.74, 6) is -2.27. The van der Waals surface area contributed by atoms with Gasteiger partial charge in [0.1, 0.15) is 17.2 Å². The fourth-order valence-corrected chi connectivity index (χ4v) is 3.69. The summed E-state index contributed by atoms with van der Waals surface area (Å²) < 4.78 is 61.9. The van der Waals surface area contributed by atoms with Crippen molar-refractivity contribution < 1.29 is 41.4 Å². The third-order valence-corrected chi connectivity index (χ3v) is 5.70. The van der Waals surface area contributed by atoms with Gasteiger partial charge in [-0.2, -0.15) is 22.7 Å². The van der Waals surface area contributed by atoms with Crippen LogP contribution in [0, 0.1) is 0 Å². The molecule has 0 saturated carbocycles. The standard InChI is InChI=1S/C26H19F4N7O5/c27-25(28)26(29,30)42-19-11-16(6-7-18(19)41-25)34-23(39)17-13-33-37-21(17)32-12-14-8-9-31-20(10-14)35-24(40)36-22(38)15-4-2-1-3-5-15/h1-11,13H,12H2,(H,34,39)(H2,32,33,37)(H2,31,35,36,38,40). The largest absolute Gasteiger partial charge is 0.507 e. The number of H-pyrrole nitrogens is 1. The second kappa shape index (κ2) is 11.1. The lowest BCUT2D eigenvalue weighted by atomic mass is 10.2. The summed E-state index contributed by atoms with van der Waals surface area (Å²) in [6.45, 7) is 0.136. The Balaban J connectivity index is 1.19. The van der Waals surface area contributed by atoms with Crippen molar-refractivity contribution >= 4 is 35.2 Å². The van der Waals surface area contributed by atoms with Crippen LogP contribution in [0.3, 0.4) is 0 Å². The molecule has 1 aliphatic heterocycles. The van der Waals surface area contributed by atoms with Gasteiger partial charge in [-0.25, -0.2) is 9.78 Å². The van der Waals surface area contributed by atoms with Gasteiger partial charge in [0.05, 0.1) is 6.20 Å². The van der Waals surface area contributed by atoms with Gasteiger partial charge in [-0.15, -0.1) is 0 Å². The third-order valence-electron chi connectivity index (χ3n) is 5.70. The molecule has 5 rings (SSSR count). The Morgan fingerprint density at radius 2 is 1.60 bits per heavy atom. The van der Waals surface area contributed by atoms with Gasteiger partial charge in [0.2, 0.25) is 0 Å². The zero-order valence-electron chi connectivity index (χ0n) is 21.1. The first kappa shape index (κ1) is 27.9. The molecule has 4 amide bonds. The molecule has 12 nitrogen and oxygen atoms in total. The van der Waals surface area contributed by atoms with Crippen molar-refractivity contribution in [2.45, 2.75) is 18.8 Å². The molecular weight excluding hydrogens is 566 g/mol. The summed E-state index contributed by atoms with van der Waals surface area (Å²) in [5, 5.41) is 16.5. The van der Waals surface area contributed by atoms with Gasteiger partial charge in [-0.1, -0.05) is 18.2 Å². The Hall–Kier alpha value is -5.67. The highest BCUT2D eigenvalue weighted by Crippen LogP contribution is 2.47. The SMILES string of the molecule is O=C(NC(=O)c1ccccc1)Nc1cc(CNc2[nH]ncc2C(=O)Nc2ccc3c(c2)OC(F)(F)C(F)(F)O3)ccn1. The number of imide groups is 1. The molecular formula is C26H19F4N7O5. The molecule has 0 radical (unpaired) electrons. The lowest BCUT2D eigenvalue weighted by Crippen LogP contribution is -2.52. The van der Waals surface area contributed by atoms with Crippen LogP contribution in [0.15, 0.2) is 73.1 Å². The van der Waals surface area contributed by atoms with E-state index in [4.69, 9.17) is 0 Å². The maximum absolute atomic E-state index is 13.5. The Morgan fingerprint density at radius 3 is 2.36 bits per heavy atom. The van der Waals surface area contributed by atoms with E-state index in [0.717, 1.165) is 12.1 Å². The number of nitrogens with one attached hydrogen (secondary N) is 5. The molecule has 0 aliphatic carbocycles. The molecule has 0 fully saturated rings. The number of amides is 4. The number of aromatic amines is 1. The minimum absolute atomic E-state index is 0.0351. The zero-order chi connectivity index (χ0) is 29.9. The predicted octanol–water partition coefficient (Wildman–Crippen LogP) is 4.59. The smallest absolute Gasteiger partial charge is 0.421 e. The Labute approximate surface area is 233 Å². The molecule has 5 N–H and O–H groups in total. The Morgan fingerprint density at radius 1 is 0.857 bits per heavy atom. The molecule has 42 heavy (non-hydrogen) atoms. The Kier molecular flexibility index (Phi) is 7.35. The first-order valence-electron chi connectivity index (χ1n) is 12.0. The number of nitrogens with zero attached hydrogens (tertiary/aromatic N) is 2. The molecule has 216 valence electrons. The van der Waals surface area contributed by atoms with Gasteiger partial charge in [0.15, 0.2) is 11.5 Å². The molecule has 2 aromatic carbocycles. The maximum Gasteiger partial charge on any atom is 0.507 e. The van der Waals surface area contributed by atoms with E-state index in [2.05, 4.69) is 45.9 Å². The van der Waals surface area contributed by atoms with E-state index in [1.807, 2.05) is 0 Å². The van der Waals surface area contributed by atoms with Crippen molar-refractivity contribution in [2.24, 2.45) is 0 Å². The molecule has 0 spiro atoms. The number of pyridine rings is 1. The highest BCUT2D eigenvalue weighted by Gasteiger charge is 2.65. The molecule has 1 aliphatic rings. The van der Waals surface area contributed by atoms with Gasteiger partial charge >= 0.3 is 18.2 Å². The quantitative estimate of drug-likeness (QED) is 0.197. The number of halogens is 4. The summed E-state index contributed by atoms with van der Waals surface area (Å²) in [6, 6.07) is 13.6. The van der Waals surface area contributed by atoms with Crippen molar-refractivity contribution in [3.63, 3.8) is 0 Å². The van der Waals surface area contributed by atoms with E-state index in [9.17, 15) is 31.9 Å². The predicted molar refractivity (Wildman–Crippen MR) is 139 cm³/mol. The number of carbonyl (C=O) groups excluding carboxylic acids is 3. The van der Waals surface area contributed by atoms with Crippen molar-refractivity contribution in [3.05, 3.63) is 89.7 Å². The number of carbonyl (C=O) groups is 3. The van der Waals surface area contributed by atoms with Crippen LogP contribution < -0.4 is 30.7 Å². The summed E-state index contributed by atoms with van der Waals surface area (Å²) >= 11 is 0. The average Bonchev–Trinajstić information content (AvgIpc) is 3.42. The van der Waals surface area contributed by atoms with Crippen LogP contribution >= 0.6 is 0 Å². The van der Waals surface area contributed by atoms with E-state index in [1.165, 1.54) is 24.5 Å². The number of anilines is 3. The molecule has 0 unspecified atom stereocenters. The number of aromatic nitrogens is 3. The Bertz CT molecular complexity index is 1650. The first-order chi connectivity index (χ1) is 20.0. The summed E-state index contributed by atoms with van der Waals surface area (Å²) in [4.78, 5) is 41.2. The fourth-order valence-electron chi connectivity index (χ4n) is 3.69. The number of benzene rings is 2. The van der Waals surface area contributed by atoms with Crippen LogP contribution in [-0.2, 0) is 6.54 Å². The molecule has 3 heterocycles. The van der Waals surface area contributed by atoms with Crippen molar-refractivity contribution in [1.82, 2.24) is 20.5 Å². The van der Waals surface area contributed by atoms with Crippen LogP contribution in [0.1, 0.15) is 26.3 Å². The van der Waals surface area contributed by atoms with Gasteiger partial charge in [-0.05, 0) is 42.0 Å². The van der Waals surface area contributed by atoms with E-state index in [-0.39, 0.29) is 29.4 Å². The molecule has 0 atom stereocenters. The lowest BCUT2D eigenvalue weighted by molar-refractivity contribution is -0.391. The molecule has 0 bridgehead atoms. The summed E-state index contributed by atoms with van der Waals surface area (Å²) in [6.07, 6.45) is -7.14. The second-order valence-corrected chi connectivity index (χ2v) is 8.69. The van der Waals surface area contributed by atoms with Gasteiger partial charge in [0, 0.05) is 30.1 Å².